The summed E-state index contributed by atoms with van der Waals surface area (Å²) in [6.07, 6.45) is 7.46. The Morgan fingerprint density at radius 2 is 2.06 bits per heavy atom. The molecule has 0 unspecified atom stereocenters. The predicted octanol–water partition coefficient (Wildman–Crippen LogP) is 2.89. The van der Waals surface area contributed by atoms with Crippen LogP contribution in [0.1, 0.15) is 58.2 Å². The Bertz CT molecular complexity index is 329. The van der Waals surface area contributed by atoms with E-state index in [9.17, 15) is 0 Å². The molecule has 1 aliphatic rings. The fraction of sp³-hybridized carbons (Fsp3) is 0.769. The molecular formula is C13H23N3. The van der Waals surface area contributed by atoms with Gasteiger partial charge >= 0.3 is 0 Å². The molecule has 1 N–H and O–H groups in total. The summed E-state index contributed by atoms with van der Waals surface area (Å²) in [5.41, 5.74) is 1.32. The zero-order valence-electron chi connectivity index (χ0n) is 10.7. The van der Waals surface area contributed by atoms with E-state index < -0.39 is 0 Å². The van der Waals surface area contributed by atoms with Crippen LogP contribution in [0.2, 0.25) is 0 Å². The minimum atomic E-state index is 0.164. The average molecular weight is 221 g/mol. The highest BCUT2D eigenvalue weighted by atomic mass is 15.3. The summed E-state index contributed by atoms with van der Waals surface area (Å²) >= 11 is 0. The van der Waals surface area contributed by atoms with E-state index in [1.54, 1.807) is 0 Å². The molecule has 0 atom stereocenters. The van der Waals surface area contributed by atoms with Crippen LogP contribution in [-0.4, -0.2) is 15.3 Å². The van der Waals surface area contributed by atoms with Gasteiger partial charge in [-0.3, -0.25) is 4.68 Å². The van der Waals surface area contributed by atoms with Crippen molar-refractivity contribution >= 4 is 0 Å². The summed E-state index contributed by atoms with van der Waals surface area (Å²) in [7, 11) is 0. The summed E-state index contributed by atoms with van der Waals surface area (Å²) in [4.78, 5) is 0. The number of hydrogen-bond donors (Lipinski definition) is 1. The summed E-state index contributed by atoms with van der Waals surface area (Å²) < 4.78 is 2.16. The molecule has 0 spiro atoms. The molecular weight excluding hydrogens is 198 g/mol. The molecule has 0 bridgehead atoms. The first-order valence-corrected chi connectivity index (χ1v) is 6.34. The van der Waals surface area contributed by atoms with E-state index >= 15 is 0 Å². The van der Waals surface area contributed by atoms with Gasteiger partial charge in [-0.1, -0.05) is 12.8 Å². The van der Waals surface area contributed by atoms with Crippen LogP contribution in [0.15, 0.2) is 12.3 Å². The largest absolute Gasteiger partial charge is 0.306 e. The maximum Gasteiger partial charge on any atom is 0.0762 e. The lowest BCUT2D eigenvalue weighted by atomic mass is 10.1. The molecule has 0 saturated heterocycles. The highest BCUT2D eigenvalue weighted by molar-refractivity contribution is 5.00. The molecule has 1 fully saturated rings. The molecule has 0 amide bonds. The fourth-order valence-electron chi connectivity index (χ4n) is 2.20. The van der Waals surface area contributed by atoms with Gasteiger partial charge in [0.25, 0.3) is 0 Å². The van der Waals surface area contributed by atoms with Gasteiger partial charge in [-0.25, -0.2) is 0 Å². The molecule has 1 aromatic heterocycles. The molecule has 1 aromatic rings. The van der Waals surface area contributed by atoms with Crippen molar-refractivity contribution < 1.29 is 0 Å². The molecule has 3 nitrogen and oxygen atoms in total. The van der Waals surface area contributed by atoms with E-state index in [-0.39, 0.29) is 5.54 Å². The highest BCUT2D eigenvalue weighted by Crippen LogP contribution is 2.28. The third-order valence-corrected chi connectivity index (χ3v) is 3.16. The van der Waals surface area contributed by atoms with E-state index in [4.69, 9.17) is 0 Å². The Morgan fingerprint density at radius 1 is 1.38 bits per heavy atom. The molecule has 0 aromatic carbocycles. The minimum Gasteiger partial charge on any atom is -0.306 e. The zero-order valence-corrected chi connectivity index (χ0v) is 10.7. The number of hydrogen-bond acceptors (Lipinski definition) is 2. The fourth-order valence-corrected chi connectivity index (χ4v) is 2.20. The van der Waals surface area contributed by atoms with Crippen LogP contribution in [-0.2, 0) is 6.54 Å². The quantitative estimate of drug-likeness (QED) is 0.850. The number of nitrogens with zero attached hydrogens (tertiary/aromatic N) is 2. The van der Waals surface area contributed by atoms with Gasteiger partial charge in [-0.2, -0.15) is 5.10 Å². The first-order chi connectivity index (χ1) is 7.54. The average Bonchev–Trinajstić information content (AvgIpc) is 2.84. The molecule has 0 radical (unpaired) electrons. The van der Waals surface area contributed by atoms with Crippen LogP contribution < -0.4 is 5.32 Å². The third-order valence-electron chi connectivity index (χ3n) is 3.16. The van der Waals surface area contributed by atoms with Crippen molar-refractivity contribution in [3.8, 4) is 0 Å². The van der Waals surface area contributed by atoms with E-state index in [0.717, 1.165) is 12.2 Å². The normalized spacial score (nSPS) is 18.2. The Morgan fingerprint density at radius 3 is 2.69 bits per heavy atom. The molecule has 0 aliphatic heterocycles. The third kappa shape index (κ3) is 3.08. The van der Waals surface area contributed by atoms with Crippen molar-refractivity contribution in [2.24, 2.45) is 0 Å². The topological polar surface area (TPSA) is 29.9 Å². The van der Waals surface area contributed by atoms with E-state index in [0.29, 0.717) is 6.04 Å². The van der Waals surface area contributed by atoms with Gasteiger partial charge in [-0.05, 0) is 39.7 Å². The van der Waals surface area contributed by atoms with Crippen LogP contribution in [0.25, 0.3) is 0 Å². The van der Waals surface area contributed by atoms with Gasteiger partial charge in [0.15, 0.2) is 0 Å². The summed E-state index contributed by atoms with van der Waals surface area (Å²) in [5.74, 6) is 0. The van der Waals surface area contributed by atoms with E-state index in [1.165, 1.54) is 25.7 Å². The number of rotatable bonds is 3. The maximum absolute atomic E-state index is 4.65. The van der Waals surface area contributed by atoms with E-state index in [2.05, 4.69) is 48.1 Å². The minimum absolute atomic E-state index is 0.164. The van der Waals surface area contributed by atoms with Gasteiger partial charge in [0, 0.05) is 18.3 Å². The van der Waals surface area contributed by atoms with Crippen molar-refractivity contribution in [1.82, 2.24) is 15.1 Å². The Kier molecular flexibility index (Phi) is 3.33. The second-order valence-electron chi connectivity index (χ2n) is 5.83. The maximum atomic E-state index is 4.65. The van der Waals surface area contributed by atoms with Crippen molar-refractivity contribution in [2.75, 3.05) is 0 Å². The SMILES string of the molecule is CC(C)(C)NCc1ccn(C2CCCC2)n1. The molecule has 90 valence electrons. The van der Waals surface area contributed by atoms with Gasteiger partial charge in [-0.15, -0.1) is 0 Å². The van der Waals surface area contributed by atoms with Crippen LogP contribution in [0.4, 0.5) is 0 Å². The van der Waals surface area contributed by atoms with Crippen molar-refractivity contribution in [2.45, 2.75) is 64.6 Å². The van der Waals surface area contributed by atoms with Crippen molar-refractivity contribution in [1.29, 1.82) is 0 Å². The Hall–Kier alpha value is -0.830. The monoisotopic (exact) mass is 221 g/mol. The summed E-state index contributed by atoms with van der Waals surface area (Å²) in [6, 6.07) is 2.79. The van der Waals surface area contributed by atoms with Crippen LogP contribution in [0, 0.1) is 0 Å². The van der Waals surface area contributed by atoms with E-state index in [1.807, 2.05) is 0 Å². The van der Waals surface area contributed by atoms with Gasteiger partial charge in [0.2, 0.25) is 0 Å². The molecule has 2 rings (SSSR count). The smallest absolute Gasteiger partial charge is 0.0762 e. The van der Waals surface area contributed by atoms with Crippen LogP contribution >= 0.6 is 0 Å². The van der Waals surface area contributed by atoms with Crippen LogP contribution in [0.5, 0.6) is 0 Å². The predicted molar refractivity (Wildman–Crippen MR) is 66.3 cm³/mol. The molecule has 3 heteroatoms. The van der Waals surface area contributed by atoms with Crippen molar-refractivity contribution in [3.05, 3.63) is 18.0 Å². The Labute approximate surface area is 98.2 Å². The highest BCUT2D eigenvalue weighted by Gasteiger charge is 2.17. The van der Waals surface area contributed by atoms with Crippen LogP contribution in [0.3, 0.4) is 0 Å². The lowest BCUT2D eigenvalue weighted by Gasteiger charge is -2.19. The second-order valence-corrected chi connectivity index (χ2v) is 5.83. The standard InChI is InChI=1S/C13H23N3/c1-13(2,3)14-10-11-8-9-16(15-11)12-6-4-5-7-12/h8-9,12,14H,4-7,10H2,1-3H3. The lowest BCUT2D eigenvalue weighted by Crippen LogP contribution is -2.35. The van der Waals surface area contributed by atoms with Crippen molar-refractivity contribution in [3.63, 3.8) is 0 Å². The molecule has 16 heavy (non-hydrogen) atoms. The first-order valence-electron chi connectivity index (χ1n) is 6.34. The zero-order chi connectivity index (χ0) is 11.6. The molecule has 1 saturated carbocycles. The van der Waals surface area contributed by atoms with Gasteiger partial charge in [0.1, 0.15) is 0 Å². The summed E-state index contributed by atoms with van der Waals surface area (Å²) in [6.45, 7) is 7.41. The molecule has 1 aliphatic carbocycles. The van der Waals surface area contributed by atoms with Gasteiger partial charge < -0.3 is 5.32 Å². The number of nitrogens with one attached hydrogen (secondary N) is 1. The van der Waals surface area contributed by atoms with Gasteiger partial charge in [0.05, 0.1) is 11.7 Å². The lowest BCUT2D eigenvalue weighted by molar-refractivity contribution is 0.413. The first kappa shape index (κ1) is 11.6. The molecule has 1 heterocycles. The number of aromatic nitrogens is 2. The Balaban J connectivity index is 1.91. The second kappa shape index (κ2) is 4.58. The summed E-state index contributed by atoms with van der Waals surface area (Å²) in [5, 5.41) is 8.12.